The second-order valence-corrected chi connectivity index (χ2v) is 11.2. The van der Waals surface area contributed by atoms with Gasteiger partial charge in [-0.3, -0.25) is 14.4 Å². The molecule has 1 aliphatic carbocycles. The van der Waals surface area contributed by atoms with Gasteiger partial charge >= 0.3 is 5.97 Å². The first kappa shape index (κ1) is 29.8. The van der Waals surface area contributed by atoms with Crippen molar-refractivity contribution in [2.24, 2.45) is 5.41 Å². The lowest BCUT2D eigenvalue weighted by atomic mass is 9.85. The van der Waals surface area contributed by atoms with E-state index in [9.17, 15) is 24.3 Å². The summed E-state index contributed by atoms with van der Waals surface area (Å²) in [5.74, 6) is -2.17. The van der Waals surface area contributed by atoms with Gasteiger partial charge in [-0.15, -0.1) is 0 Å². The zero-order valence-electron chi connectivity index (χ0n) is 23.3. The Hall–Kier alpha value is -3.72. The van der Waals surface area contributed by atoms with Crippen LogP contribution < -0.4 is 21.3 Å². The van der Waals surface area contributed by atoms with Gasteiger partial charge in [0.1, 0.15) is 12.1 Å². The first-order valence-electron chi connectivity index (χ1n) is 13.4. The molecule has 0 radical (unpaired) electrons. The van der Waals surface area contributed by atoms with Crippen LogP contribution in [0, 0.1) is 5.41 Å². The van der Waals surface area contributed by atoms with Gasteiger partial charge in [-0.2, -0.15) is 0 Å². The Morgan fingerprint density at radius 1 is 0.949 bits per heavy atom. The first-order chi connectivity index (χ1) is 18.4. The van der Waals surface area contributed by atoms with Crippen LogP contribution in [0.2, 0.25) is 0 Å². The highest BCUT2D eigenvalue weighted by Crippen LogP contribution is 2.29. The lowest BCUT2D eigenvalue weighted by molar-refractivity contribution is -0.135. The van der Waals surface area contributed by atoms with Crippen molar-refractivity contribution in [1.29, 1.82) is 0 Å². The van der Waals surface area contributed by atoms with E-state index in [2.05, 4.69) is 27.3 Å². The average molecular weight is 537 g/mol. The average Bonchev–Trinajstić information content (AvgIpc) is 2.90. The number of hydrogen-bond acceptors (Lipinski definition) is 5. The van der Waals surface area contributed by atoms with Crippen LogP contribution in [-0.4, -0.2) is 54.0 Å². The largest absolute Gasteiger partial charge is 0.478 e. The van der Waals surface area contributed by atoms with Gasteiger partial charge in [-0.1, -0.05) is 57.2 Å². The summed E-state index contributed by atoms with van der Waals surface area (Å²) in [5, 5.41) is 20.9. The number of fused-ring (bicyclic) bond motifs is 1. The number of nitrogens with one attached hydrogen (secondary N) is 4. The summed E-state index contributed by atoms with van der Waals surface area (Å²) in [7, 11) is 1.66. The van der Waals surface area contributed by atoms with Crippen molar-refractivity contribution in [3.63, 3.8) is 0 Å². The smallest absolute Gasteiger partial charge is 0.335 e. The van der Waals surface area contributed by atoms with Gasteiger partial charge in [-0.25, -0.2) is 4.79 Å². The van der Waals surface area contributed by atoms with Crippen molar-refractivity contribution in [2.45, 2.75) is 77.5 Å². The Balaban J connectivity index is 1.86. The molecule has 0 aliphatic heterocycles. The molecule has 2 aromatic rings. The van der Waals surface area contributed by atoms with Crippen LogP contribution in [0.25, 0.3) is 0 Å². The zero-order valence-corrected chi connectivity index (χ0v) is 23.3. The summed E-state index contributed by atoms with van der Waals surface area (Å²) in [5.41, 5.74) is 2.49. The molecular formula is C30H40N4O5. The lowest BCUT2D eigenvalue weighted by Crippen LogP contribution is -2.60. The summed E-state index contributed by atoms with van der Waals surface area (Å²) in [6, 6.07) is 11.8. The predicted octanol–water partition coefficient (Wildman–Crippen LogP) is 2.74. The highest BCUT2D eigenvalue weighted by Gasteiger charge is 2.36. The molecule has 0 unspecified atom stereocenters. The minimum absolute atomic E-state index is 0.136. The third-order valence-corrected chi connectivity index (χ3v) is 7.20. The number of aromatic carboxylic acids is 1. The molecule has 0 saturated carbocycles. The fraction of sp³-hybridized carbons (Fsp3) is 0.467. The maximum absolute atomic E-state index is 13.7. The Morgan fingerprint density at radius 2 is 1.62 bits per heavy atom. The van der Waals surface area contributed by atoms with Crippen molar-refractivity contribution >= 4 is 23.7 Å². The van der Waals surface area contributed by atoms with Crippen LogP contribution in [0.1, 0.15) is 73.6 Å². The minimum Gasteiger partial charge on any atom is -0.478 e. The molecule has 3 amide bonds. The molecule has 5 N–H and O–H groups in total. The molecule has 210 valence electrons. The van der Waals surface area contributed by atoms with Crippen molar-refractivity contribution < 1.29 is 24.3 Å². The number of carbonyl (C=O) groups is 4. The number of carbonyl (C=O) groups excluding carboxylic acids is 3. The van der Waals surface area contributed by atoms with E-state index in [1.54, 1.807) is 26.1 Å². The topological polar surface area (TPSA) is 137 Å². The van der Waals surface area contributed by atoms with Gasteiger partial charge < -0.3 is 26.4 Å². The van der Waals surface area contributed by atoms with Gasteiger partial charge in [0.05, 0.1) is 17.6 Å². The number of likely N-dealkylation sites (N-methyl/N-ethyl adjacent to an activating group) is 1. The quantitative estimate of drug-likeness (QED) is 0.317. The number of rotatable bonds is 10. The molecule has 9 nitrogen and oxygen atoms in total. The van der Waals surface area contributed by atoms with Crippen molar-refractivity contribution in [3.8, 4) is 0 Å². The standard InChI is InChI=1S/C30H40N4O5/c1-18(31-5)26(35)34-25(30(2,3)4)28(37)33-24(17-19-13-15-21(16-14-19)29(38)39)27(36)32-23-12-8-10-20-9-6-7-11-22(20)23/h6-7,9,11,13-16,18,23-25,31H,8,10,12,17H2,1-5H3,(H,32,36)(H,33,37)(H,34,35)(H,38,39)/t18-,23+,24-,25+/m0/s1. The molecule has 0 saturated heterocycles. The predicted molar refractivity (Wildman–Crippen MR) is 149 cm³/mol. The number of benzene rings is 2. The van der Waals surface area contributed by atoms with Gasteiger partial charge in [0.25, 0.3) is 0 Å². The van der Waals surface area contributed by atoms with E-state index in [0.717, 1.165) is 24.8 Å². The van der Waals surface area contributed by atoms with E-state index in [1.165, 1.54) is 17.7 Å². The van der Waals surface area contributed by atoms with Crippen LogP contribution >= 0.6 is 0 Å². The molecule has 0 spiro atoms. The third kappa shape index (κ3) is 7.89. The maximum Gasteiger partial charge on any atom is 0.335 e. The Morgan fingerprint density at radius 3 is 2.23 bits per heavy atom. The summed E-state index contributed by atoms with van der Waals surface area (Å²) in [4.78, 5) is 51.1. The Kier molecular flexibility index (Phi) is 9.86. The molecular weight excluding hydrogens is 496 g/mol. The van der Waals surface area contributed by atoms with Crippen molar-refractivity contribution in [3.05, 3.63) is 70.8 Å². The summed E-state index contributed by atoms with van der Waals surface area (Å²) < 4.78 is 0. The van der Waals surface area contributed by atoms with E-state index in [-0.39, 0.29) is 29.8 Å². The molecule has 0 aromatic heterocycles. The van der Waals surface area contributed by atoms with E-state index in [4.69, 9.17) is 0 Å². The molecule has 39 heavy (non-hydrogen) atoms. The summed E-state index contributed by atoms with van der Waals surface area (Å²) in [6.45, 7) is 7.24. The number of carboxylic acids is 1. The van der Waals surface area contributed by atoms with Crippen LogP contribution in [0.15, 0.2) is 48.5 Å². The van der Waals surface area contributed by atoms with Crippen LogP contribution in [0.5, 0.6) is 0 Å². The highest BCUT2D eigenvalue weighted by molar-refractivity contribution is 5.93. The molecule has 9 heteroatoms. The monoisotopic (exact) mass is 536 g/mol. The molecule has 0 bridgehead atoms. The van der Waals surface area contributed by atoms with Crippen LogP contribution in [0.3, 0.4) is 0 Å². The molecule has 2 aromatic carbocycles. The number of carboxylic acid groups (broad SMARTS) is 1. The lowest BCUT2D eigenvalue weighted by Gasteiger charge is -2.33. The summed E-state index contributed by atoms with van der Waals surface area (Å²) in [6.07, 6.45) is 2.84. The van der Waals surface area contributed by atoms with Crippen molar-refractivity contribution in [1.82, 2.24) is 21.3 Å². The maximum atomic E-state index is 13.7. The van der Waals surface area contributed by atoms with Crippen LogP contribution in [-0.2, 0) is 27.2 Å². The van der Waals surface area contributed by atoms with E-state index in [0.29, 0.717) is 5.56 Å². The molecule has 1 aliphatic rings. The van der Waals surface area contributed by atoms with Crippen molar-refractivity contribution in [2.75, 3.05) is 7.05 Å². The molecule has 3 rings (SSSR count). The number of hydrogen-bond donors (Lipinski definition) is 5. The summed E-state index contributed by atoms with van der Waals surface area (Å²) >= 11 is 0. The Labute approximate surface area is 230 Å². The Bertz CT molecular complexity index is 1190. The van der Waals surface area contributed by atoms with Gasteiger partial charge in [0.2, 0.25) is 17.7 Å². The zero-order chi connectivity index (χ0) is 28.7. The fourth-order valence-electron chi connectivity index (χ4n) is 4.73. The normalized spacial score (nSPS) is 17.2. The molecule has 0 heterocycles. The fourth-order valence-corrected chi connectivity index (χ4v) is 4.73. The minimum atomic E-state index is -1.04. The SMILES string of the molecule is CN[C@@H](C)C(=O)N[C@H](C(=O)N[C@@H](Cc1ccc(C(=O)O)cc1)C(=O)N[C@@H]1CCCc2ccccc21)C(C)(C)C. The number of amides is 3. The van der Waals surface area contributed by atoms with Gasteiger partial charge in [0.15, 0.2) is 0 Å². The highest BCUT2D eigenvalue weighted by atomic mass is 16.4. The van der Waals surface area contributed by atoms with E-state index < -0.39 is 35.4 Å². The van der Waals surface area contributed by atoms with Gasteiger partial charge in [-0.05, 0) is 67.5 Å². The van der Waals surface area contributed by atoms with E-state index >= 15 is 0 Å². The first-order valence-corrected chi connectivity index (χ1v) is 13.4. The molecule has 0 fully saturated rings. The van der Waals surface area contributed by atoms with Gasteiger partial charge in [0, 0.05) is 6.42 Å². The second kappa shape index (κ2) is 12.9. The van der Waals surface area contributed by atoms with Crippen LogP contribution in [0.4, 0.5) is 0 Å². The second-order valence-electron chi connectivity index (χ2n) is 11.2. The molecule has 4 atom stereocenters. The van der Waals surface area contributed by atoms with E-state index in [1.807, 2.05) is 39.0 Å². The third-order valence-electron chi connectivity index (χ3n) is 7.20. The number of aryl methyl sites for hydroxylation is 1.